The van der Waals surface area contributed by atoms with E-state index in [0.29, 0.717) is 28.5 Å². The molecule has 9 heteroatoms. The van der Waals surface area contributed by atoms with Gasteiger partial charge in [-0.3, -0.25) is 0 Å². The molecule has 36 heavy (non-hydrogen) atoms. The third-order valence-electron chi connectivity index (χ3n) is 6.32. The molecule has 2 N–H and O–H groups in total. The zero-order valence-electron chi connectivity index (χ0n) is 21.0. The number of nitrogens with one attached hydrogen (secondary N) is 1. The fourth-order valence-electron chi connectivity index (χ4n) is 4.43. The number of likely N-dealkylation sites (tertiary alicyclic amines) is 1. The topological polar surface area (TPSA) is 98.7 Å². The van der Waals surface area contributed by atoms with Gasteiger partial charge in [0, 0.05) is 43.8 Å². The summed E-state index contributed by atoms with van der Waals surface area (Å²) in [6, 6.07) is 10.6. The molecule has 2 aromatic carbocycles. The lowest BCUT2D eigenvalue weighted by molar-refractivity contribution is 0.310. The van der Waals surface area contributed by atoms with E-state index in [2.05, 4.69) is 20.2 Å². The number of aromatic nitrogens is 2. The van der Waals surface area contributed by atoms with Gasteiger partial charge in [0.15, 0.2) is 0 Å². The number of sulfonamides is 1. The van der Waals surface area contributed by atoms with Gasteiger partial charge in [-0.2, -0.15) is 4.31 Å². The van der Waals surface area contributed by atoms with Gasteiger partial charge in [0.05, 0.1) is 4.90 Å². The van der Waals surface area contributed by atoms with Gasteiger partial charge in [-0.05, 0) is 80.7 Å². The molecule has 0 atom stereocenters. The molecule has 3 aromatic rings. The van der Waals surface area contributed by atoms with Crippen LogP contribution < -0.4 is 5.32 Å². The van der Waals surface area contributed by atoms with Gasteiger partial charge in [0.25, 0.3) is 0 Å². The van der Waals surface area contributed by atoms with E-state index in [1.807, 2.05) is 44.2 Å². The largest absolute Gasteiger partial charge is 0.508 e. The molecule has 0 bridgehead atoms. The maximum absolute atomic E-state index is 13.3. The number of anilines is 2. The second-order valence-electron chi connectivity index (χ2n) is 9.21. The SMILES string of the molecule is Cc1cc(Nc2ncc(C=Cc3cccc(O)c3)cn2)cc(C)c1S(=O)(=O)N(C)CCN1CCCC1. The lowest BCUT2D eigenvalue weighted by Gasteiger charge is -2.23. The van der Waals surface area contributed by atoms with Crippen molar-refractivity contribution >= 4 is 33.8 Å². The van der Waals surface area contributed by atoms with Crippen LogP contribution in [0.2, 0.25) is 0 Å². The molecule has 0 aliphatic carbocycles. The Hall–Kier alpha value is -3.27. The summed E-state index contributed by atoms with van der Waals surface area (Å²) >= 11 is 0. The third-order valence-corrected chi connectivity index (χ3v) is 8.49. The Morgan fingerprint density at radius 2 is 1.67 bits per heavy atom. The normalized spacial score (nSPS) is 14.7. The van der Waals surface area contributed by atoms with Crippen molar-refractivity contribution in [3.05, 3.63) is 71.0 Å². The van der Waals surface area contributed by atoms with Crippen LogP contribution in [0, 0.1) is 13.8 Å². The van der Waals surface area contributed by atoms with E-state index in [1.165, 1.54) is 17.1 Å². The zero-order valence-corrected chi connectivity index (χ0v) is 21.8. The number of aromatic hydroxyl groups is 1. The van der Waals surface area contributed by atoms with Crippen molar-refractivity contribution in [2.24, 2.45) is 0 Å². The third kappa shape index (κ3) is 6.29. The summed E-state index contributed by atoms with van der Waals surface area (Å²) in [5.41, 5.74) is 3.77. The smallest absolute Gasteiger partial charge is 0.243 e. The van der Waals surface area contributed by atoms with Gasteiger partial charge < -0.3 is 15.3 Å². The van der Waals surface area contributed by atoms with Crippen LogP contribution in [0.5, 0.6) is 5.75 Å². The first-order valence-electron chi connectivity index (χ1n) is 12.1. The average Bonchev–Trinajstić information content (AvgIpc) is 3.35. The minimum Gasteiger partial charge on any atom is -0.508 e. The van der Waals surface area contributed by atoms with Crippen LogP contribution in [-0.4, -0.2) is 65.9 Å². The van der Waals surface area contributed by atoms with Crippen molar-refractivity contribution < 1.29 is 13.5 Å². The van der Waals surface area contributed by atoms with E-state index in [-0.39, 0.29) is 5.75 Å². The summed E-state index contributed by atoms with van der Waals surface area (Å²) in [5, 5.41) is 12.7. The minimum absolute atomic E-state index is 0.214. The standard InChI is InChI=1S/C27H33N5O3S/c1-20-15-24(16-21(2)26(20)36(34,35)31(3)13-14-32-11-4-5-12-32)30-27-28-18-23(19-29-27)10-9-22-7-6-8-25(33)17-22/h6-10,15-19,33H,4-5,11-14H2,1-3H3,(H,28,29,30). The molecular weight excluding hydrogens is 474 g/mol. The predicted octanol–water partition coefficient (Wildman–Crippen LogP) is 4.43. The van der Waals surface area contributed by atoms with Gasteiger partial charge in [-0.15, -0.1) is 0 Å². The summed E-state index contributed by atoms with van der Waals surface area (Å²) < 4.78 is 28.1. The molecule has 8 nitrogen and oxygen atoms in total. The van der Waals surface area contributed by atoms with Crippen molar-refractivity contribution in [1.29, 1.82) is 0 Å². The van der Waals surface area contributed by atoms with Crippen LogP contribution in [0.25, 0.3) is 12.2 Å². The molecule has 190 valence electrons. The van der Waals surface area contributed by atoms with Gasteiger partial charge in [0.2, 0.25) is 16.0 Å². The number of likely N-dealkylation sites (N-methyl/N-ethyl adjacent to an activating group) is 1. The number of hydrogen-bond acceptors (Lipinski definition) is 7. The lowest BCUT2D eigenvalue weighted by atomic mass is 10.1. The van der Waals surface area contributed by atoms with Crippen LogP contribution in [0.1, 0.15) is 35.1 Å². The number of aryl methyl sites for hydroxylation is 2. The lowest BCUT2D eigenvalue weighted by Crippen LogP contribution is -2.35. The van der Waals surface area contributed by atoms with Crippen molar-refractivity contribution in [3.63, 3.8) is 0 Å². The van der Waals surface area contributed by atoms with E-state index in [1.54, 1.807) is 37.6 Å². The summed E-state index contributed by atoms with van der Waals surface area (Å²) in [6.07, 6.45) is 9.51. The Bertz CT molecular complexity index is 1310. The molecule has 1 saturated heterocycles. The predicted molar refractivity (Wildman–Crippen MR) is 144 cm³/mol. The van der Waals surface area contributed by atoms with Crippen molar-refractivity contribution in [3.8, 4) is 5.75 Å². The Morgan fingerprint density at radius 3 is 2.31 bits per heavy atom. The molecule has 1 fully saturated rings. The van der Waals surface area contributed by atoms with Crippen molar-refractivity contribution in [2.75, 3.05) is 38.5 Å². The molecule has 0 unspecified atom stereocenters. The molecule has 1 aromatic heterocycles. The van der Waals surface area contributed by atoms with Crippen LogP contribution in [0.15, 0.2) is 53.7 Å². The fourth-order valence-corrected chi connectivity index (χ4v) is 6.00. The highest BCUT2D eigenvalue weighted by Crippen LogP contribution is 2.28. The highest BCUT2D eigenvalue weighted by Gasteiger charge is 2.26. The Morgan fingerprint density at radius 1 is 1.03 bits per heavy atom. The molecule has 0 spiro atoms. The van der Waals surface area contributed by atoms with Crippen LogP contribution in [-0.2, 0) is 10.0 Å². The first-order chi connectivity index (χ1) is 17.2. The summed E-state index contributed by atoms with van der Waals surface area (Å²) in [6.45, 7) is 6.95. The number of nitrogens with zero attached hydrogens (tertiary/aromatic N) is 4. The monoisotopic (exact) mass is 507 g/mol. The number of rotatable bonds is 9. The van der Waals surface area contributed by atoms with E-state index in [4.69, 9.17) is 0 Å². The van der Waals surface area contributed by atoms with Gasteiger partial charge >= 0.3 is 0 Å². The number of phenolic OH excluding ortho intramolecular Hbond substituents is 1. The second kappa shape index (κ2) is 11.2. The minimum atomic E-state index is -3.59. The second-order valence-corrected chi connectivity index (χ2v) is 11.2. The Balaban J connectivity index is 1.43. The molecule has 1 aliphatic heterocycles. The van der Waals surface area contributed by atoms with E-state index >= 15 is 0 Å². The zero-order chi connectivity index (χ0) is 25.7. The van der Waals surface area contributed by atoms with Gasteiger partial charge in [-0.1, -0.05) is 24.3 Å². The maximum atomic E-state index is 13.3. The summed E-state index contributed by atoms with van der Waals surface area (Å²) in [7, 11) is -1.94. The number of phenols is 1. The first kappa shape index (κ1) is 25.8. The van der Waals surface area contributed by atoms with Crippen LogP contribution >= 0.6 is 0 Å². The van der Waals surface area contributed by atoms with Crippen LogP contribution in [0.3, 0.4) is 0 Å². The van der Waals surface area contributed by atoms with E-state index in [0.717, 1.165) is 36.4 Å². The first-order valence-corrected chi connectivity index (χ1v) is 13.5. The van der Waals surface area contributed by atoms with E-state index in [9.17, 15) is 13.5 Å². The van der Waals surface area contributed by atoms with E-state index < -0.39 is 10.0 Å². The molecule has 1 aliphatic rings. The molecule has 0 amide bonds. The summed E-state index contributed by atoms with van der Waals surface area (Å²) in [4.78, 5) is 11.4. The molecule has 2 heterocycles. The highest BCUT2D eigenvalue weighted by molar-refractivity contribution is 7.89. The molecule has 0 saturated carbocycles. The molecule has 0 radical (unpaired) electrons. The maximum Gasteiger partial charge on any atom is 0.243 e. The Kier molecular flexibility index (Phi) is 8.03. The quantitative estimate of drug-likeness (QED) is 0.442. The van der Waals surface area contributed by atoms with Gasteiger partial charge in [-0.25, -0.2) is 18.4 Å². The van der Waals surface area contributed by atoms with Crippen molar-refractivity contribution in [1.82, 2.24) is 19.2 Å². The van der Waals surface area contributed by atoms with Crippen LogP contribution in [0.4, 0.5) is 11.6 Å². The number of benzene rings is 2. The van der Waals surface area contributed by atoms with Gasteiger partial charge in [0.1, 0.15) is 5.75 Å². The average molecular weight is 508 g/mol. The molecule has 4 rings (SSSR count). The highest BCUT2D eigenvalue weighted by atomic mass is 32.2. The number of hydrogen-bond donors (Lipinski definition) is 2. The Labute approximate surface area is 213 Å². The van der Waals surface area contributed by atoms with Crippen molar-refractivity contribution in [2.45, 2.75) is 31.6 Å². The molecular formula is C27H33N5O3S. The summed E-state index contributed by atoms with van der Waals surface area (Å²) in [5.74, 6) is 0.632. The fraction of sp³-hybridized carbons (Fsp3) is 0.333.